The molecule has 2 rings (SSSR count). The molecule has 0 saturated carbocycles. The van der Waals surface area contributed by atoms with E-state index in [1.54, 1.807) is 6.07 Å². The molecule has 0 bridgehead atoms. The molecule has 20 heavy (non-hydrogen) atoms. The Hall–Kier alpha value is -1.42. The Morgan fingerprint density at radius 3 is 2.80 bits per heavy atom. The van der Waals surface area contributed by atoms with E-state index in [4.69, 9.17) is 4.74 Å². The van der Waals surface area contributed by atoms with Gasteiger partial charge in [-0.05, 0) is 12.5 Å². The molecule has 0 amide bonds. The minimum Gasteiger partial charge on any atom is -0.378 e. The van der Waals surface area contributed by atoms with Crippen LogP contribution >= 0.6 is 0 Å². The van der Waals surface area contributed by atoms with Gasteiger partial charge in [-0.25, -0.2) is 8.42 Å². The molecule has 0 aromatic heterocycles. The van der Waals surface area contributed by atoms with Crippen molar-refractivity contribution in [3.8, 4) is 6.07 Å². The smallest absolute Gasteiger partial charge is 0.219 e. The molecule has 0 aliphatic carbocycles. The molecule has 1 atom stereocenters. The van der Waals surface area contributed by atoms with Crippen molar-refractivity contribution in [2.45, 2.75) is 24.6 Å². The van der Waals surface area contributed by atoms with Gasteiger partial charge in [-0.3, -0.25) is 0 Å². The maximum Gasteiger partial charge on any atom is 0.219 e. The fourth-order valence-electron chi connectivity index (χ4n) is 2.34. The van der Waals surface area contributed by atoms with Crippen molar-refractivity contribution in [3.05, 3.63) is 35.4 Å². The summed E-state index contributed by atoms with van der Waals surface area (Å²) in [6.07, 6.45) is 0.410. The monoisotopic (exact) mass is 294 g/mol. The van der Waals surface area contributed by atoms with Gasteiger partial charge >= 0.3 is 0 Å². The van der Waals surface area contributed by atoms with E-state index in [1.165, 1.54) is 11.4 Å². The first kappa shape index (κ1) is 15.0. The summed E-state index contributed by atoms with van der Waals surface area (Å²) in [4.78, 5) is 0. The molecular weight excluding hydrogens is 276 g/mol. The van der Waals surface area contributed by atoms with Crippen LogP contribution in [-0.4, -0.2) is 38.5 Å². The Bertz CT molecular complexity index is 628. The van der Waals surface area contributed by atoms with Gasteiger partial charge in [0.1, 0.15) is 5.54 Å². The van der Waals surface area contributed by atoms with E-state index in [1.807, 2.05) is 25.1 Å². The first-order chi connectivity index (χ1) is 9.39. The summed E-state index contributed by atoms with van der Waals surface area (Å²) in [6, 6.07) is 9.48. The van der Waals surface area contributed by atoms with Gasteiger partial charge in [0.05, 0.1) is 18.4 Å². The van der Waals surface area contributed by atoms with Crippen molar-refractivity contribution in [2.75, 3.05) is 20.3 Å². The van der Waals surface area contributed by atoms with Crippen LogP contribution in [0.3, 0.4) is 0 Å². The highest BCUT2D eigenvalue weighted by Crippen LogP contribution is 2.28. The molecular formula is C14H18N2O3S. The zero-order valence-corrected chi connectivity index (χ0v) is 12.5. The number of nitriles is 1. The molecule has 0 N–H and O–H groups in total. The molecule has 0 spiro atoms. The molecule has 108 valence electrons. The van der Waals surface area contributed by atoms with Crippen molar-refractivity contribution in [1.82, 2.24) is 4.31 Å². The van der Waals surface area contributed by atoms with E-state index >= 15 is 0 Å². The summed E-state index contributed by atoms with van der Waals surface area (Å²) >= 11 is 0. The molecule has 1 heterocycles. The third kappa shape index (κ3) is 2.85. The van der Waals surface area contributed by atoms with Crippen molar-refractivity contribution >= 4 is 10.0 Å². The molecule has 1 aromatic rings. The van der Waals surface area contributed by atoms with Crippen molar-refractivity contribution in [3.63, 3.8) is 0 Å². The summed E-state index contributed by atoms with van der Waals surface area (Å²) in [5.41, 5.74) is 0.672. The molecule has 1 aromatic carbocycles. The Morgan fingerprint density at radius 2 is 2.25 bits per heavy atom. The van der Waals surface area contributed by atoms with Gasteiger partial charge in [-0.15, -0.1) is 0 Å². The fraction of sp³-hybridized carbons (Fsp3) is 0.500. The minimum atomic E-state index is -3.55. The predicted octanol–water partition coefficient (Wildman–Crippen LogP) is 1.44. The molecule has 1 saturated heterocycles. The van der Waals surface area contributed by atoms with Crippen molar-refractivity contribution in [2.24, 2.45) is 0 Å². The lowest BCUT2D eigenvalue weighted by Gasteiger charge is -2.30. The second-order valence-electron chi connectivity index (χ2n) is 5.16. The minimum absolute atomic E-state index is 0.103. The number of hydrogen-bond acceptors (Lipinski definition) is 4. The van der Waals surface area contributed by atoms with Gasteiger partial charge < -0.3 is 4.74 Å². The number of sulfonamides is 1. The van der Waals surface area contributed by atoms with E-state index in [0.717, 1.165) is 11.1 Å². The van der Waals surface area contributed by atoms with E-state index in [9.17, 15) is 13.7 Å². The molecule has 1 fully saturated rings. The van der Waals surface area contributed by atoms with Gasteiger partial charge in [0, 0.05) is 20.1 Å². The van der Waals surface area contributed by atoms with Crippen LogP contribution in [0.25, 0.3) is 0 Å². The van der Waals surface area contributed by atoms with Crippen LogP contribution < -0.4 is 0 Å². The number of nitrogens with zero attached hydrogens (tertiary/aromatic N) is 2. The SMILES string of the molecule is Cc1cccc(CS(=O)(=O)N(C)[C@]2(C#N)CCOC2)c1. The van der Waals surface area contributed by atoms with Crippen molar-refractivity contribution in [1.29, 1.82) is 5.26 Å². The standard InChI is InChI=1S/C14H18N2O3S/c1-12-4-3-5-13(8-12)9-20(17,18)16(2)14(10-15)6-7-19-11-14/h3-5,8H,6-7,9,11H2,1-2H3/t14-/m0/s1. The van der Waals surface area contributed by atoms with E-state index in [2.05, 4.69) is 6.07 Å². The number of aryl methyl sites for hydroxylation is 1. The number of hydrogen-bond donors (Lipinski definition) is 0. The fourth-order valence-corrected chi connectivity index (χ4v) is 3.85. The quantitative estimate of drug-likeness (QED) is 0.842. The summed E-state index contributed by atoms with van der Waals surface area (Å²) < 4.78 is 31.3. The summed E-state index contributed by atoms with van der Waals surface area (Å²) in [5.74, 6) is -0.103. The van der Waals surface area contributed by atoms with Crippen LogP contribution in [0.4, 0.5) is 0 Å². The highest BCUT2D eigenvalue weighted by atomic mass is 32.2. The predicted molar refractivity (Wildman–Crippen MR) is 75.3 cm³/mol. The van der Waals surface area contributed by atoms with E-state index in [0.29, 0.717) is 13.0 Å². The van der Waals surface area contributed by atoms with Crippen LogP contribution in [0.5, 0.6) is 0 Å². The summed E-state index contributed by atoms with van der Waals surface area (Å²) in [7, 11) is -2.09. The lowest BCUT2D eigenvalue weighted by molar-refractivity contribution is 0.162. The molecule has 1 aliphatic rings. The molecule has 0 unspecified atom stereocenters. The third-order valence-corrected chi connectivity index (χ3v) is 5.54. The average molecular weight is 294 g/mol. The number of benzene rings is 1. The van der Waals surface area contributed by atoms with Gasteiger partial charge in [0.15, 0.2) is 0 Å². The zero-order valence-electron chi connectivity index (χ0n) is 11.7. The van der Waals surface area contributed by atoms with Gasteiger partial charge in [-0.1, -0.05) is 29.8 Å². The molecule has 0 radical (unpaired) electrons. The Labute approximate surface area is 119 Å². The van der Waals surface area contributed by atoms with Crippen LogP contribution in [0.1, 0.15) is 17.5 Å². The second kappa shape index (κ2) is 5.52. The molecule has 6 heteroatoms. The highest BCUT2D eigenvalue weighted by molar-refractivity contribution is 7.88. The lowest BCUT2D eigenvalue weighted by atomic mass is 10.0. The van der Waals surface area contributed by atoms with Crippen LogP contribution in [0, 0.1) is 18.3 Å². The average Bonchev–Trinajstić information content (AvgIpc) is 2.87. The largest absolute Gasteiger partial charge is 0.378 e. The highest BCUT2D eigenvalue weighted by Gasteiger charge is 2.44. The molecule has 1 aliphatic heterocycles. The second-order valence-corrected chi connectivity index (χ2v) is 7.16. The Balaban J connectivity index is 2.24. The molecule has 5 nitrogen and oxygen atoms in total. The lowest BCUT2D eigenvalue weighted by Crippen LogP contribution is -2.49. The number of ether oxygens (including phenoxy) is 1. The van der Waals surface area contributed by atoms with Gasteiger partial charge in [0.25, 0.3) is 0 Å². The maximum absolute atomic E-state index is 12.5. The Kier molecular flexibility index (Phi) is 4.14. The van der Waals surface area contributed by atoms with Gasteiger partial charge in [-0.2, -0.15) is 9.57 Å². The van der Waals surface area contributed by atoms with E-state index < -0.39 is 15.6 Å². The number of rotatable bonds is 4. The summed E-state index contributed by atoms with van der Waals surface area (Å²) in [6.45, 7) is 2.46. The zero-order chi connectivity index (χ0) is 14.8. The van der Waals surface area contributed by atoms with Crippen LogP contribution in [0.2, 0.25) is 0 Å². The first-order valence-corrected chi connectivity index (χ1v) is 8.02. The topological polar surface area (TPSA) is 70.4 Å². The van der Waals surface area contributed by atoms with Crippen LogP contribution in [0.15, 0.2) is 24.3 Å². The van der Waals surface area contributed by atoms with Crippen molar-refractivity contribution < 1.29 is 13.2 Å². The Morgan fingerprint density at radius 1 is 1.50 bits per heavy atom. The van der Waals surface area contributed by atoms with Gasteiger partial charge in [0.2, 0.25) is 10.0 Å². The number of likely N-dealkylation sites (N-methyl/N-ethyl adjacent to an activating group) is 1. The van der Waals surface area contributed by atoms with E-state index in [-0.39, 0.29) is 12.4 Å². The summed E-state index contributed by atoms with van der Waals surface area (Å²) in [5, 5.41) is 9.32. The normalized spacial score (nSPS) is 22.9. The van der Waals surface area contributed by atoms with Crippen LogP contribution in [-0.2, 0) is 20.5 Å². The first-order valence-electron chi connectivity index (χ1n) is 6.41. The third-order valence-electron chi connectivity index (χ3n) is 3.66. The maximum atomic E-state index is 12.5.